The van der Waals surface area contributed by atoms with Crippen molar-refractivity contribution in [2.75, 3.05) is 0 Å². The van der Waals surface area contributed by atoms with Crippen molar-refractivity contribution in [3.8, 4) is 0 Å². The smallest absolute Gasteiger partial charge is 0.0209 e. The molecule has 1 aliphatic carbocycles. The maximum atomic E-state index is 2.41. The Kier molecular flexibility index (Phi) is 1.87. The van der Waals surface area contributed by atoms with E-state index in [1.165, 1.54) is 25.5 Å². The van der Waals surface area contributed by atoms with Crippen LogP contribution in [0.4, 0.5) is 0 Å². The molecular weight excluding hydrogens is 283 g/mol. The van der Waals surface area contributed by atoms with E-state index in [0.717, 1.165) is 6.42 Å². The van der Waals surface area contributed by atoms with Gasteiger partial charge in [-0.05, 0) is 57.0 Å². The number of rotatable bonds is 0. The van der Waals surface area contributed by atoms with Gasteiger partial charge in [0.05, 0.1) is 0 Å². The van der Waals surface area contributed by atoms with Crippen LogP contribution in [0.5, 0.6) is 0 Å². The second-order valence-electron chi connectivity index (χ2n) is 3.58. The lowest BCUT2D eigenvalue weighted by Gasteiger charge is -2.13. The summed E-state index contributed by atoms with van der Waals surface area (Å²) in [6.45, 7) is 0. The summed E-state index contributed by atoms with van der Waals surface area (Å²) in [6, 6.07) is 11.0. The van der Waals surface area contributed by atoms with E-state index in [9.17, 15) is 0 Å². The topological polar surface area (TPSA) is 0 Å². The van der Waals surface area contributed by atoms with Crippen molar-refractivity contribution >= 4 is 39.4 Å². The first-order chi connectivity index (χ1) is 6.86. The average Bonchev–Trinajstić information content (AvgIpc) is 2.24. The summed E-state index contributed by atoms with van der Waals surface area (Å²) in [4.78, 5) is 0. The van der Waals surface area contributed by atoms with Gasteiger partial charge in [0, 0.05) is 3.57 Å². The lowest BCUT2D eigenvalue weighted by Crippen LogP contribution is -1.94. The Labute approximate surface area is 96.8 Å². The van der Waals surface area contributed by atoms with E-state index in [2.05, 4.69) is 65.1 Å². The zero-order valence-electron chi connectivity index (χ0n) is 7.63. The maximum absolute atomic E-state index is 2.41. The molecule has 0 amide bonds. The Bertz CT molecular complexity index is 538. The van der Waals surface area contributed by atoms with Crippen LogP contribution in [0.3, 0.4) is 0 Å². The number of allylic oxidation sites excluding steroid dienone is 1. The van der Waals surface area contributed by atoms with Gasteiger partial charge in [-0.3, -0.25) is 0 Å². The van der Waals surface area contributed by atoms with Gasteiger partial charge in [-0.25, -0.2) is 0 Å². The highest BCUT2D eigenvalue weighted by molar-refractivity contribution is 14.1. The highest BCUT2D eigenvalue weighted by atomic mass is 127. The van der Waals surface area contributed by atoms with Crippen LogP contribution in [0, 0.1) is 3.57 Å². The third kappa shape index (κ3) is 1.12. The monoisotopic (exact) mass is 292 g/mol. The Hall–Kier alpha value is -0.830. The van der Waals surface area contributed by atoms with Gasteiger partial charge in [-0.15, -0.1) is 0 Å². The summed E-state index contributed by atoms with van der Waals surface area (Å²) >= 11 is 2.41. The molecule has 2 aromatic rings. The van der Waals surface area contributed by atoms with Gasteiger partial charge in [0.2, 0.25) is 0 Å². The molecule has 0 heterocycles. The fourth-order valence-corrected chi connectivity index (χ4v) is 2.73. The van der Waals surface area contributed by atoms with Crippen LogP contribution in [0.1, 0.15) is 11.1 Å². The van der Waals surface area contributed by atoms with Crippen molar-refractivity contribution in [2.24, 2.45) is 0 Å². The molecule has 1 heteroatoms. The van der Waals surface area contributed by atoms with E-state index in [-0.39, 0.29) is 0 Å². The summed E-state index contributed by atoms with van der Waals surface area (Å²) < 4.78 is 1.35. The van der Waals surface area contributed by atoms with Crippen molar-refractivity contribution in [1.29, 1.82) is 0 Å². The molecule has 68 valence electrons. The molecule has 0 saturated carbocycles. The SMILES string of the molecule is Ic1ccc2cccc3c2c1C=CC3. The molecule has 0 atom stereocenters. The standard InChI is InChI=1S/C13H9I/c14-12-8-7-10-4-1-3-9-5-2-6-11(12)13(9)10/h1-4,6-8H,5H2. The predicted octanol–water partition coefficient (Wildman–Crippen LogP) is 4.01. The molecule has 0 radical (unpaired) electrons. The lowest BCUT2D eigenvalue weighted by atomic mass is 9.93. The molecule has 1 aliphatic rings. The molecule has 0 nitrogen and oxygen atoms in total. The van der Waals surface area contributed by atoms with E-state index in [0.29, 0.717) is 0 Å². The first kappa shape index (κ1) is 8.48. The van der Waals surface area contributed by atoms with Crippen molar-refractivity contribution < 1.29 is 0 Å². The van der Waals surface area contributed by atoms with Gasteiger partial charge in [0.1, 0.15) is 0 Å². The van der Waals surface area contributed by atoms with Crippen LogP contribution in [-0.2, 0) is 6.42 Å². The van der Waals surface area contributed by atoms with Crippen LogP contribution < -0.4 is 0 Å². The molecule has 3 rings (SSSR count). The third-order valence-corrected chi connectivity index (χ3v) is 3.68. The molecule has 0 fully saturated rings. The lowest BCUT2D eigenvalue weighted by molar-refractivity contribution is 1.29. The predicted molar refractivity (Wildman–Crippen MR) is 69.4 cm³/mol. The van der Waals surface area contributed by atoms with Gasteiger partial charge in [-0.2, -0.15) is 0 Å². The minimum absolute atomic E-state index is 1.07. The molecule has 14 heavy (non-hydrogen) atoms. The molecule has 0 aliphatic heterocycles. The second-order valence-corrected chi connectivity index (χ2v) is 4.74. The average molecular weight is 292 g/mol. The normalized spacial score (nSPS) is 13.5. The van der Waals surface area contributed by atoms with E-state index < -0.39 is 0 Å². The Balaban J connectivity index is 2.56. The van der Waals surface area contributed by atoms with Crippen molar-refractivity contribution in [3.63, 3.8) is 0 Å². The number of hydrogen-bond donors (Lipinski definition) is 0. The third-order valence-electron chi connectivity index (χ3n) is 2.74. The Morgan fingerprint density at radius 2 is 2.00 bits per heavy atom. The molecule has 0 bridgehead atoms. The summed E-state index contributed by atoms with van der Waals surface area (Å²) in [7, 11) is 0. The number of benzene rings is 2. The molecule has 0 aromatic heterocycles. The fourth-order valence-electron chi connectivity index (χ4n) is 2.10. The molecular formula is C13H9I. The summed E-state index contributed by atoms with van der Waals surface area (Å²) in [5.41, 5.74) is 2.85. The van der Waals surface area contributed by atoms with Gasteiger partial charge < -0.3 is 0 Å². The van der Waals surface area contributed by atoms with E-state index in [1.54, 1.807) is 0 Å². The zero-order valence-corrected chi connectivity index (χ0v) is 9.78. The Morgan fingerprint density at radius 3 is 2.93 bits per heavy atom. The maximum Gasteiger partial charge on any atom is 0.0209 e. The van der Waals surface area contributed by atoms with Crippen LogP contribution in [0.15, 0.2) is 36.4 Å². The minimum atomic E-state index is 1.07. The summed E-state index contributed by atoms with van der Waals surface area (Å²) in [6.07, 6.45) is 5.57. The first-order valence-corrected chi connectivity index (χ1v) is 5.81. The van der Waals surface area contributed by atoms with E-state index >= 15 is 0 Å². The van der Waals surface area contributed by atoms with Crippen molar-refractivity contribution in [3.05, 3.63) is 51.1 Å². The van der Waals surface area contributed by atoms with Gasteiger partial charge in [0.15, 0.2) is 0 Å². The van der Waals surface area contributed by atoms with Gasteiger partial charge >= 0.3 is 0 Å². The highest BCUT2D eigenvalue weighted by Crippen LogP contribution is 2.31. The minimum Gasteiger partial charge on any atom is -0.0795 e. The van der Waals surface area contributed by atoms with Crippen LogP contribution in [0.25, 0.3) is 16.8 Å². The van der Waals surface area contributed by atoms with Crippen molar-refractivity contribution in [2.45, 2.75) is 6.42 Å². The second kappa shape index (κ2) is 3.09. The molecule has 0 unspecified atom stereocenters. The van der Waals surface area contributed by atoms with Crippen LogP contribution in [-0.4, -0.2) is 0 Å². The van der Waals surface area contributed by atoms with Gasteiger partial charge in [-0.1, -0.05) is 36.4 Å². The van der Waals surface area contributed by atoms with Gasteiger partial charge in [0.25, 0.3) is 0 Å². The van der Waals surface area contributed by atoms with Crippen LogP contribution >= 0.6 is 22.6 Å². The summed E-state index contributed by atoms with van der Waals surface area (Å²) in [5.74, 6) is 0. The molecule has 0 saturated heterocycles. The van der Waals surface area contributed by atoms with Crippen molar-refractivity contribution in [1.82, 2.24) is 0 Å². The van der Waals surface area contributed by atoms with E-state index in [1.807, 2.05) is 0 Å². The largest absolute Gasteiger partial charge is 0.0795 e. The molecule has 0 N–H and O–H groups in total. The zero-order chi connectivity index (χ0) is 9.54. The molecule has 0 spiro atoms. The Morgan fingerprint density at radius 1 is 1.07 bits per heavy atom. The van der Waals surface area contributed by atoms with E-state index in [4.69, 9.17) is 0 Å². The summed E-state index contributed by atoms with van der Waals surface area (Å²) in [5, 5.41) is 2.81. The first-order valence-electron chi connectivity index (χ1n) is 4.73. The molecule has 2 aromatic carbocycles. The number of hydrogen-bond acceptors (Lipinski definition) is 0. The number of halogens is 1. The highest BCUT2D eigenvalue weighted by Gasteiger charge is 2.09. The quantitative estimate of drug-likeness (QED) is 0.643. The van der Waals surface area contributed by atoms with Crippen LogP contribution in [0.2, 0.25) is 0 Å². The fraction of sp³-hybridized carbons (Fsp3) is 0.0769.